The predicted octanol–water partition coefficient (Wildman–Crippen LogP) is 0.906. The van der Waals surface area contributed by atoms with Crippen LogP contribution in [-0.2, 0) is 6.42 Å². The maximum Gasteiger partial charge on any atom is 0.139 e. The van der Waals surface area contributed by atoms with Crippen LogP contribution in [0.15, 0.2) is 10.6 Å². The van der Waals surface area contributed by atoms with E-state index in [4.69, 9.17) is 9.63 Å². The molecular weight excluding hydrogens is 130 g/mol. The molecule has 1 rings (SSSR count). The van der Waals surface area contributed by atoms with Crippen LogP contribution in [0.3, 0.4) is 0 Å². The predicted molar refractivity (Wildman–Crippen MR) is 36.6 cm³/mol. The maximum atomic E-state index is 8.93. The van der Waals surface area contributed by atoms with Crippen molar-refractivity contribution < 1.29 is 9.63 Å². The fourth-order valence-electron chi connectivity index (χ4n) is 0.804. The lowest BCUT2D eigenvalue weighted by Crippen LogP contribution is -2.02. The van der Waals surface area contributed by atoms with E-state index >= 15 is 0 Å². The molecule has 0 radical (unpaired) electrons. The van der Waals surface area contributed by atoms with Crippen molar-refractivity contribution in [2.75, 3.05) is 0 Å². The van der Waals surface area contributed by atoms with Crippen LogP contribution in [0.25, 0.3) is 0 Å². The first-order valence-corrected chi connectivity index (χ1v) is 3.29. The maximum absolute atomic E-state index is 8.93. The van der Waals surface area contributed by atoms with Gasteiger partial charge in [-0.05, 0) is 13.8 Å². The second kappa shape index (κ2) is 2.84. The van der Waals surface area contributed by atoms with Gasteiger partial charge in [-0.15, -0.1) is 0 Å². The molecule has 0 saturated carbocycles. The Morgan fingerprint density at radius 2 is 2.50 bits per heavy atom. The van der Waals surface area contributed by atoms with Gasteiger partial charge in [-0.25, -0.2) is 0 Å². The number of aliphatic hydroxyl groups is 1. The highest BCUT2D eigenvalue weighted by Crippen LogP contribution is 2.04. The van der Waals surface area contributed by atoms with Gasteiger partial charge in [-0.1, -0.05) is 5.16 Å². The third-order valence-electron chi connectivity index (χ3n) is 1.17. The summed E-state index contributed by atoms with van der Waals surface area (Å²) in [6, 6.07) is 1.83. The standard InChI is InChI=1S/C7H11NO2/c1-5-3-7(10-8-5)4-6(2)9/h3,6,9H,4H2,1-2H3/t6-/m0/s1. The van der Waals surface area contributed by atoms with Crippen molar-refractivity contribution in [1.82, 2.24) is 5.16 Å². The number of rotatable bonds is 2. The number of hydrogen-bond acceptors (Lipinski definition) is 3. The lowest BCUT2D eigenvalue weighted by Gasteiger charge is -1.96. The largest absolute Gasteiger partial charge is 0.393 e. The van der Waals surface area contributed by atoms with Crippen LogP contribution in [0.4, 0.5) is 0 Å². The molecule has 1 atom stereocenters. The van der Waals surface area contributed by atoms with E-state index in [1.165, 1.54) is 0 Å². The Labute approximate surface area is 59.7 Å². The van der Waals surface area contributed by atoms with Crippen molar-refractivity contribution in [2.24, 2.45) is 0 Å². The summed E-state index contributed by atoms with van der Waals surface area (Å²) < 4.78 is 4.87. The summed E-state index contributed by atoms with van der Waals surface area (Å²) in [5.74, 6) is 0.743. The van der Waals surface area contributed by atoms with Gasteiger partial charge in [0.15, 0.2) is 0 Å². The normalized spacial score (nSPS) is 13.5. The molecule has 0 bridgehead atoms. The Kier molecular flexibility index (Phi) is 2.06. The molecule has 3 heteroatoms. The number of aromatic nitrogens is 1. The summed E-state index contributed by atoms with van der Waals surface area (Å²) in [5, 5.41) is 12.6. The fourth-order valence-corrected chi connectivity index (χ4v) is 0.804. The molecule has 0 aliphatic rings. The highest BCUT2D eigenvalue weighted by molar-refractivity contribution is 5.03. The van der Waals surface area contributed by atoms with Gasteiger partial charge in [0.05, 0.1) is 11.8 Å². The van der Waals surface area contributed by atoms with Crippen LogP contribution in [0.1, 0.15) is 18.4 Å². The molecule has 0 fully saturated rings. The highest BCUT2D eigenvalue weighted by Gasteiger charge is 2.03. The van der Waals surface area contributed by atoms with Crippen molar-refractivity contribution in [2.45, 2.75) is 26.4 Å². The Balaban J connectivity index is 2.58. The van der Waals surface area contributed by atoms with E-state index < -0.39 is 0 Å². The second-order valence-electron chi connectivity index (χ2n) is 2.49. The lowest BCUT2D eigenvalue weighted by atomic mass is 10.2. The lowest BCUT2D eigenvalue weighted by molar-refractivity contribution is 0.183. The van der Waals surface area contributed by atoms with Gasteiger partial charge in [0, 0.05) is 12.5 Å². The molecule has 1 N–H and O–H groups in total. The molecule has 3 nitrogen and oxygen atoms in total. The van der Waals surface area contributed by atoms with Crippen LogP contribution in [0.2, 0.25) is 0 Å². The van der Waals surface area contributed by atoms with Crippen molar-refractivity contribution in [3.63, 3.8) is 0 Å². The van der Waals surface area contributed by atoms with Crippen molar-refractivity contribution in [3.8, 4) is 0 Å². The average Bonchev–Trinajstić information content (AvgIpc) is 2.13. The second-order valence-corrected chi connectivity index (χ2v) is 2.49. The quantitative estimate of drug-likeness (QED) is 0.665. The first-order chi connectivity index (χ1) is 4.68. The van der Waals surface area contributed by atoms with E-state index in [1.54, 1.807) is 6.92 Å². The molecule has 0 unspecified atom stereocenters. The van der Waals surface area contributed by atoms with Crippen molar-refractivity contribution >= 4 is 0 Å². The van der Waals surface area contributed by atoms with Gasteiger partial charge >= 0.3 is 0 Å². The van der Waals surface area contributed by atoms with Gasteiger partial charge in [-0.3, -0.25) is 0 Å². The van der Waals surface area contributed by atoms with Crippen molar-refractivity contribution in [1.29, 1.82) is 0 Å². The topological polar surface area (TPSA) is 46.3 Å². The van der Waals surface area contributed by atoms with Crippen LogP contribution in [0.5, 0.6) is 0 Å². The summed E-state index contributed by atoms with van der Waals surface area (Å²) >= 11 is 0. The molecule has 10 heavy (non-hydrogen) atoms. The summed E-state index contributed by atoms with van der Waals surface area (Å²) in [6.45, 7) is 3.58. The molecule has 56 valence electrons. The van der Waals surface area contributed by atoms with E-state index in [0.717, 1.165) is 11.5 Å². The Morgan fingerprint density at radius 1 is 1.80 bits per heavy atom. The van der Waals surface area contributed by atoms with E-state index in [9.17, 15) is 0 Å². The van der Waals surface area contributed by atoms with Gasteiger partial charge in [-0.2, -0.15) is 0 Å². The smallest absolute Gasteiger partial charge is 0.139 e. The van der Waals surface area contributed by atoms with Gasteiger partial charge in [0.1, 0.15) is 5.76 Å². The number of aliphatic hydroxyl groups excluding tert-OH is 1. The molecular formula is C7H11NO2. The fraction of sp³-hybridized carbons (Fsp3) is 0.571. The number of hydrogen-bond donors (Lipinski definition) is 1. The molecule has 0 saturated heterocycles. The van der Waals surface area contributed by atoms with Crippen molar-refractivity contribution in [3.05, 3.63) is 17.5 Å². The van der Waals surface area contributed by atoms with E-state index in [0.29, 0.717) is 6.42 Å². The summed E-state index contributed by atoms with van der Waals surface area (Å²) in [4.78, 5) is 0. The van der Waals surface area contributed by atoms with Crippen LogP contribution in [0, 0.1) is 6.92 Å². The highest BCUT2D eigenvalue weighted by atomic mass is 16.5. The molecule has 1 heterocycles. The molecule has 0 amide bonds. The number of aryl methyl sites for hydroxylation is 1. The third-order valence-corrected chi connectivity index (χ3v) is 1.17. The van der Waals surface area contributed by atoms with Gasteiger partial charge in [0.2, 0.25) is 0 Å². The first-order valence-electron chi connectivity index (χ1n) is 3.29. The summed E-state index contributed by atoms with van der Waals surface area (Å²) in [6.07, 6.45) is 0.188. The van der Waals surface area contributed by atoms with Crippen LogP contribution < -0.4 is 0 Å². The summed E-state index contributed by atoms with van der Waals surface area (Å²) in [7, 11) is 0. The van der Waals surface area contributed by atoms with E-state index in [1.807, 2.05) is 13.0 Å². The van der Waals surface area contributed by atoms with E-state index in [2.05, 4.69) is 5.16 Å². The molecule has 0 aliphatic heterocycles. The number of nitrogens with zero attached hydrogens (tertiary/aromatic N) is 1. The molecule has 1 aromatic heterocycles. The summed E-state index contributed by atoms with van der Waals surface area (Å²) in [5.41, 5.74) is 0.857. The Bertz CT molecular complexity index is 205. The molecule has 0 spiro atoms. The Hall–Kier alpha value is -0.830. The van der Waals surface area contributed by atoms with E-state index in [-0.39, 0.29) is 6.10 Å². The third kappa shape index (κ3) is 1.84. The minimum Gasteiger partial charge on any atom is -0.393 e. The zero-order valence-corrected chi connectivity index (χ0v) is 6.16. The molecule has 1 aromatic rings. The zero-order chi connectivity index (χ0) is 7.56. The Morgan fingerprint density at radius 3 is 2.90 bits per heavy atom. The minimum atomic E-state index is -0.354. The SMILES string of the molecule is Cc1cc(C[C@H](C)O)on1. The van der Waals surface area contributed by atoms with Crippen LogP contribution in [-0.4, -0.2) is 16.4 Å². The monoisotopic (exact) mass is 141 g/mol. The van der Waals surface area contributed by atoms with Gasteiger partial charge in [0.25, 0.3) is 0 Å². The molecule has 0 aromatic carbocycles. The van der Waals surface area contributed by atoms with Crippen LogP contribution >= 0.6 is 0 Å². The minimum absolute atomic E-state index is 0.354. The molecule has 0 aliphatic carbocycles. The zero-order valence-electron chi connectivity index (χ0n) is 6.16. The average molecular weight is 141 g/mol. The van der Waals surface area contributed by atoms with Gasteiger partial charge < -0.3 is 9.63 Å². The first kappa shape index (κ1) is 7.28.